The van der Waals surface area contributed by atoms with Gasteiger partial charge in [-0.15, -0.1) is 11.8 Å². The summed E-state index contributed by atoms with van der Waals surface area (Å²) in [5.74, 6) is -1.53. The first kappa shape index (κ1) is 18.5. The molecule has 25 heavy (non-hydrogen) atoms. The predicted octanol–water partition coefficient (Wildman–Crippen LogP) is 3.46. The van der Waals surface area contributed by atoms with Gasteiger partial charge in [-0.2, -0.15) is 0 Å². The van der Waals surface area contributed by atoms with E-state index in [-0.39, 0.29) is 23.4 Å². The molecule has 0 aliphatic carbocycles. The SMILES string of the molecule is COC(=O)c1cc(C(=O)OCc2ccc(SC)cc2)cc([N+](=O)[O-])c1. The van der Waals surface area contributed by atoms with Crippen molar-refractivity contribution >= 4 is 29.4 Å². The zero-order valence-electron chi connectivity index (χ0n) is 13.6. The molecule has 0 aliphatic rings. The molecule has 0 aliphatic heterocycles. The van der Waals surface area contributed by atoms with Crippen molar-refractivity contribution in [1.82, 2.24) is 0 Å². The van der Waals surface area contributed by atoms with Crippen LogP contribution in [0.2, 0.25) is 0 Å². The van der Waals surface area contributed by atoms with Crippen LogP contribution in [0.3, 0.4) is 0 Å². The number of nitro benzene ring substituents is 1. The Hall–Kier alpha value is -2.87. The van der Waals surface area contributed by atoms with Crippen LogP contribution in [0, 0.1) is 10.1 Å². The molecule has 0 heterocycles. The van der Waals surface area contributed by atoms with Crippen molar-refractivity contribution in [1.29, 1.82) is 0 Å². The Morgan fingerprint density at radius 2 is 1.68 bits per heavy atom. The molecule has 2 rings (SSSR count). The Labute approximate surface area is 148 Å². The molecule has 0 unspecified atom stereocenters. The Bertz CT molecular complexity index is 803. The molecule has 0 radical (unpaired) electrons. The smallest absolute Gasteiger partial charge is 0.338 e. The van der Waals surface area contributed by atoms with Gasteiger partial charge in [0.2, 0.25) is 0 Å². The fourth-order valence-electron chi connectivity index (χ4n) is 2.02. The zero-order valence-corrected chi connectivity index (χ0v) is 14.4. The number of hydrogen-bond donors (Lipinski definition) is 0. The summed E-state index contributed by atoms with van der Waals surface area (Å²) in [5.41, 5.74) is 0.215. The molecule has 0 amide bonds. The maximum Gasteiger partial charge on any atom is 0.338 e. The topological polar surface area (TPSA) is 95.7 Å². The van der Waals surface area contributed by atoms with Crippen molar-refractivity contribution in [2.75, 3.05) is 13.4 Å². The van der Waals surface area contributed by atoms with E-state index in [1.54, 1.807) is 11.8 Å². The van der Waals surface area contributed by atoms with Crippen LogP contribution < -0.4 is 0 Å². The van der Waals surface area contributed by atoms with Gasteiger partial charge in [-0.3, -0.25) is 10.1 Å². The number of carbonyl (C=O) groups excluding carboxylic acids is 2. The molecular formula is C17H15NO6S. The van der Waals surface area contributed by atoms with E-state index in [1.165, 1.54) is 6.07 Å². The number of methoxy groups -OCH3 is 1. The Kier molecular flexibility index (Phi) is 6.13. The maximum atomic E-state index is 12.2. The highest BCUT2D eigenvalue weighted by Gasteiger charge is 2.19. The van der Waals surface area contributed by atoms with Gasteiger partial charge >= 0.3 is 11.9 Å². The summed E-state index contributed by atoms with van der Waals surface area (Å²) in [6.07, 6.45) is 1.95. The minimum atomic E-state index is -0.773. The summed E-state index contributed by atoms with van der Waals surface area (Å²) in [7, 11) is 1.15. The molecule has 130 valence electrons. The van der Waals surface area contributed by atoms with E-state index in [4.69, 9.17) is 4.74 Å². The van der Waals surface area contributed by atoms with Crippen molar-refractivity contribution in [3.05, 3.63) is 69.3 Å². The minimum Gasteiger partial charge on any atom is -0.465 e. The van der Waals surface area contributed by atoms with Gasteiger partial charge < -0.3 is 9.47 Å². The molecule has 0 saturated carbocycles. The van der Waals surface area contributed by atoms with E-state index in [9.17, 15) is 19.7 Å². The average Bonchev–Trinajstić information content (AvgIpc) is 2.65. The molecule has 0 N–H and O–H groups in total. The maximum absolute atomic E-state index is 12.2. The summed E-state index contributed by atoms with van der Waals surface area (Å²) in [6, 6.07) is 10.8. The van der Waals surface area contributed by atoms with E-state index in [2.05, 4.69) is 4.74 Å². The van der Waals surface area contributed by atoms with Gasteiger partial charge in [0.1, 0.15) is 6.61 Å². The van der Waals surface area contributed by atoms with Crippen LogP contribution in [0.1, 0.15) is 26.3 Å². The molecule has 7 nitrogen and oxygen atoms in total. The summed E-state index contributed by atoms with van der Waals surface area (Å²) >= 11 is 1.59. The molecule has 8 heteroatoms. The fraction of sp³-hybridized carbons (Fsp3) is 0.176. The number of thioether (sulfide) groups is 1. The first-order valence-corrected chi connectivity index (χ1v) is 8.35. The number of esters is 2. The van der Waals surface area contributed by atoms with E-state index in [0.29, 0.717) is 0 Å². The van der Waals surface area contributed by atoms with E-state index >= 15 is 0 Å². The Balaban J connectivity index is 2.17. The van der Waals surface area contributed by atoms with Crippen LogP contribution >= 0.6 is 11.8 Å². The highest BCUT2D eigenvalue weighted by molar-refractivity contribution is 7.98. The van der Waals surface area contributed by atoms with E-state index in [1.807, 2.05) is 30.5 Å². The van der Waals surface area contributed by atoms with Crippen molar-refractivity contribution in [2.24, 2.45) is 0 Å². The quantitative estimate of drug-likeness (QED) is 0.336. The van der Waals surface area contributed by atoms with Gasteiger partial charge in [-0.05, 0) is 30.0 Å². The molecule has 0 fully saturated rings. The molecule has 0 spiro atoms. The molecular weight excluding hydrogens is 346 g/mol. The normalized spacial score (nSPS) is 10.2. The van der Waals surface area contributed by atoms with Gasteiger partial charge in [0, 0.05) is 17.0 Å². The lowest BCUT2D eigenvalue weighted by Crippen LogP contribution is -2.09. The predicted molar refractivity (Wildman–Crippen MR) is 91.8 cm³/mol. The third-order valence-corrected chi connectivity index (χ3v) is 4.06. The molecule has 0 aromatic heterocycles. The molecule has 0 bridgehead atoms. The van der Waals surface area contributed by atoms with Crippen LogP contribution in [-0.4, -0.2) is 30.2 Å². The lowest BCUT2D eigenvalue weighted by molar-refractivity contribution is -0.384. The van der Waals surface area contributed by atoms with Gasteiger partial charge in [0.25, 0.3) is 5.69 Å². The monoisotopic (exact) mass is 361 g/mol. The number of ether oxygens (including phenoxy) is 2. The van der Waals surface area contributed by atoms with Crippen molar-refractivity contribution in [3.63, 3.8) is 0 Å². The first-order chi connectivity index (χ1) is 11.9. The summed E-state index contributed by atoms with van der Waals surface area (Å²) in [6.45, 7) is 0.0176. The largest absolute Gasteiger partial charge is 0.465 e. The van der Waals surface area contributed by atoms with Crippen molar-refractivity contribution < 1.29 is 24.0 Å². The van der Waals surface area contributed by atoms with Crippen LogP contribution in [0.15, 0.2) is 47.4 Å². The summed E-state index contributed by atoms with van der Waals surface area (Å²) < 4.78 is 9.71. The molecule has 2 aromatic rings. The lowest BCUT2D eigenvalue weighted by atomic mass is 10.1. The standard InChI is InChI=1S/C17H15NO6S/c1-23-16(19)12-7-13(9-14(8-12)18(21)22)17(20)24-10-11-3-5-15(25-2)6-4-11/h3-9H,10H2,1-2H3. The number of hydrogen-bond acceptors (Lipinski definition) is 7. The number of carbonyl (C=O) groups is 2. The minimum absolute atomic E-state index is 0.0176. The van der Waals surface area contributed by atoms with Gasteiger partial charge in [0.05, 0.1) is 23.2 Å². The molecule has 0 atom stereocenters. The second-order valence-corrected chi connectivity index (χ2v) is 5.82. The zero-order chi connectivity index (χ0) is 18.4. The van der Waals surface area contributed by atoms with E-state index in [0.717, 1.165) is 29.7 Å². The second-order valence-electron chi connectivity index (χ2n) is 4.94. The average molecular weight is 361 g/mol. The molecule has 2 aromatic carbocycles. The summed E-state index contributed by atoms with van der Waals surface area (Å²) in [5, 5.41) is 11.0. The molecule has 0 saturated heterocycles. The van der Waals surface area contributed by atoms with Gasteiger partial charge in [-0.25, -0.2) is 9.59 Å². The number of benzene rings is 2. The van der Waals surface area contributed by atoms with Crippen LogP contribution in [0.25, 0.3) is 0 Å². The number of rotatable bonds is 6. The van der Waals surface area contributed by atoms with E-state index < -0.39 is 16.9 Å². The number of nitro groups is 1. The Morgan fingerprint density at radius 1 is 1.08 bits per heavy atom. The van der Waals surface area contributed by atoms with Crippen molar-refractivity contribution in [2.45, 2.75) is 11.5 Å². The third kappa shape index (κ3) is 4.80. The second kappa shape index (κ2) is 8.29. The third-order valence-electron chi connectivity index (χ3n) is 3.31. The van der Waals surface area contributed by atoms with Gasteiger partial charge in [-0.1, -0.05) is 12.1 Å². The lowest BCUT2D eigenvalue weighted by Gasteiger charge is -2.07. The highest BCUT2D eigenvalue weighted by Crippen LogP contribution is 2.20. The van der Waals surface area contributed by atoms with Crippen LogP contribution in [-0.2, 0) is 16.1 Å². The highest BCUT2D eigenvalue weighted by atomic mass is 32.2. The number of non-ortho nitro benzene ring substituents is 1. The summed E-state index contributed by atoms with van der Waals surface area (Å²) in [4.78, 5) is 35.1. The fourth-order valence-corrected chi connectivity index (χ4v) is 2.43. The van der Waals surface area contributed by atoms with Gasteiger partial charge in [0.15, 0.2) is 0 Å². The van der Waals surface area contributed by atoms with Crippen LogP contribution in [0.5, 0.6) is 0 Å². The van der Waals surface area contributed by atoms with Crippen molar-refractivity contribution in [3.8, 4) is 0 Å². The Morgan fingerprint density at radius 3 is 2.20 bits per heavy atom. The first-order valence-electron chi connectivity index (χ1n) is 7.12. The number of nitrogens with zero attached hydrogens (tertiary/aromatic N) is 1. The van der Waals surface area contributed by atoms with Crippen LogP contribution in [0.4, 0.5) is 5.69 Å².